The topological polar surface area (TPSA) is 56.1 Å². The lowest BCUT2D eigenvalue weighted by Crippen LogP contribution is -2.41. The van der Waals surface area contributed by atoms with Crippen molar-refractivity contribution in [2.45, 2.75) is 38.8 Å². The van der Waals surface area contributed by atoms with Gasteiger partial charge in [0.15, 0.2) is 0 Å². The lowest BCUT2D eigenvalue weighted by molar-refractivity contribution is -0.0191. The fourth-order valence-corrected chi connectivity index (χ4v) is 1.22. The van der Waals surface area contributed by atoms with Crippen LogP contribution >= 0.6 is 0 Å². The van der Waals surface area contributed by atoms with Crippen LogP contribution in [-0.2, 0) is 11.3 Å². The van der Waals surface area contributed by atoms with Gasteiger partial charge < -0.3 is 14.6 Å². The number of carbonyl (C=O) groups excluding carboxylic acids is 1. The Morgan fingerprint density at radius 2 is 2.11 bits per heavy atom. The molecule has 1 aromatic rings. The molecule has 0 aliphatic heterocycles. The van der Waals surface area contributed by atoms with Crippen LogP contribution in [0.3, 0.4) is 0 Å². The number of hydrogen-bond donors (Lipinski definition) is 1. The van der Waals surface area contributed by atoms with Gasteiger partial charge >= 0.3 is 6.09 Å². The molecule has 1 aromatic heterocycles. The van der Waals surface area contributed by atoms with E-state index in [-0.39, 0.29) is 0 Å². The molecule has 0 saturated heterocycles. The molecule has 0 aliphatic rings. The second-order valence-electron chi connectivity index (χ2n) is 4.95. The van der Waals surface area contributed by atoms with E-state index >= 15 is 0 Å². The number of imidazole rings is 1. The van der Waals surface area contributed by atoms with E-state index in [1.54, 1.807) is 20.8 Å². The summed E-state index contributed by atoms with van der Waals surface area (Å²) in [6, 6.07) is 0. The summed E-state index contributed by atoms with van der Waals surface area (Å²) in [5, 5.41) is 2.05. The molecule has 0 aliphatic carbocycles. The fraction of sp³-hybridized carbons (Fsp3) is 0.636. The highest BCUT2D eigenvalue weighted by atomic mass is 19.3. The monoisotopic (exact) mass is 261 g/mol. The Labute approximate surface area is 104 Å². The maximum Gasteiger partial charge on any atom is 0.407 e. The van der Waals surface area contributed by atoms with Crippen molar-refractivity contribution in [2.24, 2.45) is 0 Å². The van der Waals surface area contributed by atoms with Gasteiger partial charge in [0.1, 0.15) is 5.60 Å². The average Bonchev–Trinajstić information content (AvgIpc) is 2.64. The van der Waals surface area contributed by atoms with Gasteiger partial charge in [0.05, 0.1) is 19.4 Å². The van der Waals surface area contributed by atoms with Crippen LogP contribution in [0.15, 0.2) is 18.7 Å². The van der Waals surface area contributed by atoms with Crippen molar-refractivity contribution in [1.82, 2.24) is 14.9 Å². The summed E-state index contributed by atoms with van der Waals surface area (Å²) in [7, 11) is 0. The molecule has 102 valence electrons. The van der Waals surface area contributed by atoms with Gasteiger partial charge in [-0.05, 0) is 20.8 Å². The number of alkyl carbamates (subject to hydrolysis) is 1. The zero-order valence-corrected chi connectivity index (χ0v) is 10.6. The van der Waals surface area contributed by atoms with Crippen molar-refractivity contribution in [2.75, 3.05) is 6.54 Å². The quantitative estimate of drug-likeness (QED) is 0.902. The number of alkyl halides is 2. The molecule has 0 saturated carbocycles. The first-order chi connectivity index (χ1) is 8.18. The van der Waals surface area contributed by atoms with E-state index in [4.69, 9.17) is 4.74 Å². The van der Waals surface area contributed by atoms with Crippen LogP contribution in [0.25, 0.3) is 0 Å². The Morgan fingerprint density at radius 3 is 2.61 bits per heavy atom. The second kappa shape index (κ2) is 5.32. The van der Waals surface area contributed by atoms with Gasteiger partial charge in [-0.15, -0.1) is 0 Å². The molecule has 18 heavy (non-hydrogen) atoms. The van der Waals surface area contributed by atoms with Crippen molar-refractivity contribution in [3.05, 3.63) is 18.7 Å². The van der Waals surface area contributed by atoms with Gasteiger partial charge in [-0.3, -0.25) is 0 Å². The van der Waals surface area contributed by atoms with Crippen LogP contribution in [0.2, 0.25) is 0 Å². The summed E-state index contributed by atoms with van der Waals surface area (Å²) in [4.78, 5) is 14.9. The fourth-order valence-electron chi connectivity index (χ4n) is 1.22. The van der Waals surface area contributed by atoms with Crippen LogP contribution in [0.4, 0.5) is 13.6 Å². The number of halogens is 2. The SMILES string of the molecule is CC(C)(C)OC(=O)NCC(F)(F)Cn1ccnc1. The third kappa shape index (κ3) is 5.60. The van der Waals surface area contributed by atoms with Gasteiger partial charge in [0, 0.05) is 12.4 Å². The predicted molar refractivity (Wildman–Crippen MR) is 61.4 cm³/mol. The number of carbonyl (C=O) groups is 1. The summed E-state index contributed by atoms with van der Waals surface area (Å²) in [6.07, 6.45) is 3.29. The van der Waals surface area contributed by atoms with Gasteiger partial charge in [0.25, 0.3) is 5.92 Å². The van der Waals surface area contributed by atoms with E-state index in [1.807, 2.05) is 5.32 Å². The highest BCUT2D eigenvalue weighted by Gasteiger charge is 2.30. The number of nitrogens with zero attached hydrogens (tertiary/aromatic N) is 2. The zero-order valence-electron chi connectivity index (χ0n) is 10.6. The highest BCUT2D eigenvalue weighted by Crippen LogP contribution is 2.15. The Hall–Kier alpha value is -1.66. The van der Waals surface area contributed by atoms with Crippen LogP contribution in [-0.4, -0.2) is 33.7 Å². The lowest BCUT2D eigenvalue weighted by Gasteiger charge is -2.22. The predicted octanol–water partition coefficient (Wildman–Crippen LogP) is 2.04. The molecule has 0 radical (unpaired) electrons. The first-order valence-electron chi connectivity index (χ1n) is 5.48. The molecule has 1 N–H and O–H groups in total. The minimum Gasteiger partial charge on any atom is -0.444 e. The maximum atomic E-state index is 13.5. The number of nitrogens with one attached hydrogen (secondary N) is 1. The number of ether oxygens (including phenoxy) is 1. The number of rotatable bonds is 4. The first-order valence-corrected chi connectivity index (χ1v) is 5.48. The summed E-state index contributed by atoms with van der Waals surface area (Å²) < 4.78 is 33.0. The molecular weight excluding hydrogens is 244 g/mol. The maximum absolute atomic E-state index is 13.5. The largest absolute Gasteiger partial charge is 0.444 e. The number of amides is 1. The molecule has 0 fully saturated rings. The highest BCUT2D eigenvalue weighted by molar-refractivity contribution is 5.67. The smallest absolute Gasteiger partial charge is 0.407 e. The summed E-state index contributed by atoms with van der Waals surface area (Å²) in [6.45, 7) is 3.67. The van der Waals surface area contributed by atoms with Gasteiger partial charge in [-0.25, -0.2) is 18.6 Å². The molecule has 1 heterocycles. The van der Waals surface area contributed by atoms with E-state index in [2.05, 4.69) is 4.98 Å². The van der Waals surface area contributed by atoms with Crippen molar-refractivity contribution in [3.63, 3.8) is 0 Å². The van der Waals surface area contributed by atoms with Gasteiger partial charge in [0.2, 0.25) is 0 Å². The third-order valence-corrected chi connectivity index (χ3v) is 1.86. The third-order valence-electron chi connectivity index (χ3n) is 1.86. The normalized spacial score (nSPS) is 12.3. The first kappa shape index (κ1) is 14.4. The zero-order chi connectivity index (χ0) is 13.8. The van der Waals surface area contributed by atoms with E-state index in [9.17, 15) is 13.6 Å². The van der Waals surface area contributed by atoms with E-state index in [0.717, 1.165) is 0 Å². The van der Waals surface area contributed by atoms with Crippen molar-refractivity contribution >= 4 is 6.09 Å². The van der Waals surface area contributed by atoms with E-state index in [0.29, 0.717) is 0 Å². The van der Waals surface area contributed by atoms with Crippen molar-refractivity contribution in [3.8, 4) is 0 Å². The van der Waals surface area contributed by atoms with E-state index in [1.165, 1.54) is 23.3 Å². The van der Waals surface area contributed by atoms with Gasteiger partial charge in [-0.1, -0.05) is 0 Å². The molecular formula is C11H17F2N3O2. The van der Waals surface area contributed by atoms with Crippen molar-refractivity contribution in [1.29, 1.82) is 0 Å². The van der Waals surface area contributed by atoms with Crippen molar-refractivity contribution < 1.29 is 18.3 Å². The minimum atomic E-state index is -3.06. The van der Waals surface area contributed by atoms with Crippen LogP contribution in [0.1, 0.15) is 20.8 Å². The molecule has 0 aromatic carbocycles. The molecule has 5 nitrogen and oxygen atoms in total. The van der Waals surface area contributed by atoms with E-state index < -0.39 is 30.7 Å². The molecule has 0 unspecified atom stereocenters. The molecule has 0 atom stereocenters. The molecule has 1 rings (SSSR count). The molecule has 0 spiro atoms. The van der Waals surface area contributed by atoms with Crippen LogP contribution < -0.4 is 5.32 Å². The standard InChI is InChI=1S/C11H17F2N3O2/c1-10(2,3)18-9(17)15-6-11(12,13)7-16-5-4-14-8-16/h4-5,8H,6-7H2,1-3H3,(H,15,17). The summed E-state index contributed by atoms with van der Waals surface area (Å²) >= 11 is 0. The Morgan fingerprint density at radius 1 is 1.44 bits per heavy atom. The van der Waals surface area contributed by atoms with Gasteiger partial charge in [-0.2, -0.15) is 0 Å². The summed E-state index contributed by atoms with van der Waals surface area (Å²) in [5.74, 6) is -3.06. The molecule has 7 heteroatoms. The summed E-state index contributed by atoms with van der Waals surface area (Å²) in [5.41, 5.74) is -0.705. The Balaban J connectivity index is 2.39. The second-order valence-corrected chi connectivity index (χ2v) is 4.95. The Kier molecular flexibility index (Phi) is 4.26. The Bertz CT molecular complexity index is 385. The average molecular weight is 261 g/mol. The van der Waals surface area contributed by atoms with Crippen LogP contribution in [0.5, 0.6) is 0 Å². The minimum absolute atomic E-state index is 0.539. The molecule has 0 bridgehead atoms. The van der Waals surface area contributed by atoms with Crippen LogP contribution in [0, 0.1) is 0 Å². The lowest BCUT2D eigenvalue weighted by atomic mass is 10.2. The number of aromatic nitrogens is 2. The molecule has 1 amide bonds. The number of hydrogen-bond acceptors (Lipinski definition) is 3.